The number of hydrogen-bond acceptors (Lipinski definition) is 3. The summed E-state index contributed by atoms with van der Waals surface area (Å²) in [6.45, 7) is 8.69. The second-order valence-corrected chi connectivity index (χ2v) is 5.94. The topological polar surface area (TPSA) is 41.6 Å². The van der Waals surface area contributed by atoms with Gasteiger partial charge in [-0.2, -0.15) is 0 Å². The maximum atomic E-state index is 12.2. The average molecular weight is 276 g/mol. The van der Waals surface area contributed by atoms with E-state index in [4.69, 9.17) is 4.74 Å². The van der Waals surface area contributed by atoms with E-state index < -0.39 is 5.41 Å². The van der Waals surface area contributed by atoms with Crippen molar-refractivity contribution in [3.63, 3.8) is 0 Å². The number of hydrazine groups is 1. The lowest BCUT2D eigenvalue weighted by molar-refractivity contribution is -0.130. The number of unbranched alkanes of at least 4 members (excludes halogenated alkanes) is 1. The van der Waals surface area contributed by atoms with Crippen molar-refractivity contribution in [3.8, 4) is 0 Å². The van der Waals surface area contributed by atoms with Gasteiger partial charge < -0.3 is 4.74 Å². The van der Waals surface area contributed by atoms with E-state index in [2.05, 4.69) is 12.3 Å². The Morgan fingerprint density at radius 3 is 2.55 bits per heavy atom. The van der Waals surface area contributed by atoms with Crippen molar-refractivity contribution >= 4 is 11.6 Å². The fraction of sp³-hybridized carbons (Fsp3) is 0.562. The summed E-state index contributed by atoms with van der Waals surface area (Å²) in [6.07, 6.45) is 1.81. The summed E-state index contributed by atoms with van der Waals surface area (Å²) < 4.78 is 5.97. The van der Waals surface area contributed by atoms with Crippen molar-refractivity contribution in [2.75, 3.05) is 11.6 Å². The lowest BCUT2D eigenvalue weighted by Crippen LogP contribution is -2.42. The van der Waals surface area contributed by atoms with Crippen LogP contribution in [0.3, 0.4) is 0 Å². The first-order valence-electron chi connectivity index (χ1n) is 7.25. The molecule has 4 nitrogen and oxygen atoms in total. The third-order valence-corrected chi connectivity index (χ3v) is 3.74. The van der Waals surface area contributed by atoms with Crippen molar-refractivity contribution in [1.82, 2.24) is 5.43 Å². The molecule has 4 heteroatoms. The first-order chi connectivity index (χ1) is 9.46. The monoisotopic (exact) mass is 276 g/mol. The molecule has 1 aromatic rings. The Balaban J connectivity index is 2.21. The summed E-state index contributed by atoms with van der Waals surface area (Å²) in [5.74, 6) is -0.000395. The number of amides is 1. The van der Waals surface area contributed by atoms with Crippen molar-refractivity contribution < 1.29 is 9.53 Å². The molecule has 1 unspecified atom stereocenters. The van der Waals surface area contributed by atoms with Crippen molar-refractivity contribution in [2.45, 2.75) is 46.8 Å². The van der Waals surface area contributed by atoms with Crippen LogP contribution in [0.4, 0.5) is 5.69 Å². The Hall–Kier alpha value is -1.55. The van der Waals surface area contributed by atoms with Crippen LogP contribution in [0, 0.1) is 12.3 Å². The Bertz CT molecular complexity index is 468. The highest BCUT2D eigenvalue weighted by atomic mass is 16.5. The van der Waals surface area contributed by atoms with E-state index in [0.717, 1.165) is 18.5 Å². The highest BCUT2D eigenvalue weighted by Gasteiger charge is 2.48. The molecular formula is C16H24N2O2. The van der Waals surface area contributed by atoms with E-state index in [1.165, 1.54) is 5.56 Å². The van der Waals surface area contributed by atoms with E-state index in [-0.39, 0.29) is 12.1 Å². The van der Waals surface area contributed by atoms with Gasteiger partial charge in [-0.3, -0.25) is 15.2 Å². The van der Waals surface area contributed by atoms with Gasteiger partial charge in [-0.25, -0.2) is 0 Å². The molecule has 1 aromatic carbocycles. The van der Waals surface area contributed by atoms with Gasteiger partial charge in [0.2, 0.25) is 5.91 Å². The predicted molar refractivity (Wildman–Crippen MR) is 80.2 cm³/mol. The highest BCUT2D eigenvalue weighted by Crippen LogP contribution is 2.34. The summed E-state index contributed by atoms with van der Waals surface area (Å²) in [5.41, 5.74) is 4.52. The van der Waals surface area contributed by atoms with Gasteiger partial charge in [0.1, 0.15) is 0 Å². The zero-order chi connectivity index (χ0) is 14.8. The zero-order valence-electron chi connectivity index (χ0n) is 12.8. The molecule has 1 amide bonds. The zero-order valence-corrected chi connectivity index (χ0v) is 12.8. The second kappa shape index (κ2) is 5.83. The Kier molecular flexibility index (Phi) is 4.33. The van der Waals surface area contributed by atoms with Crippen LogP contribution in [0.15, 0.2) is 24.3 Å². The van der Waals surface area contributed by atoms with E-state index in [1.807, 2.05) is 50.0 Å². The van der Waals surface area contributed by atoms with Crippen molar-refractivity contribution in [1.29, 1.82) is 0 Å². The van der Waals surface area contributed by atoms with Crippen LogP contribution in [-0.4, -0.2) is 18.7 Å². The molecule has 2 rings (SSSR count). The molecule has 0 bridgehead atoms. The number of hydrogen-bond donors (Lipinski definition) is 1. The Labute approximate surface area is 121 Å². The Morgan fingerprint density at radius 2 is 1.95 bits per heavy atom. The lowest BCUT2D eigenvalue weighted by Gasteiger charge is -2.30. The average Bonchev–Trinajstić information content (AvgIpc) is 2.63. The van der Waals surface area contributed by atoms with Gasteiger partial charge >= 0.3 is 0 Å². The maximum Gasteiger partial charge on any atom is 0.248 e. The Morgan fingerprint density at radius 1 is 1.30 bits per heavy atom. The van der Waals surface area contributed by atoms with Gasteiger partial charge in [-0.1, -0.05) is 31.0 Å². The standard InChI is InChI=1S/C16H24N2O2/c1-5-6-11-20-15-16(3,4)14(19)17-18(15)13-9-7-12(2)8-10-13/h7-10,15H,5-6,11H2,1-4H3,(H,17,19). The minimum atomic E-state index is -0.557. The van der Waals surface area contributed by atoms with Gasteiger partial charge in [-0.05, 0) is 39.3 Å². The second-order valence-electron chi connectivity index (χ2n) is 5.94. The van der Waals surface area contributed by atoms with Gasteiger partial charge in [-0.15, -0.1) is 0 Å². The molecule has 0 aliphatic carbocycles. The number of nitrogens with one attached hydrogen (secondary N) is 1. The van der Waals surface area contributed by atoms with Crippen LogP contribution in [0.25, 0.3) is 0 Å². The third kappa shape index (κ3) is 2.80. The SMILES string of the molecule is CCCCOC1N(c2ccc(C)cc2)NC(=O)C1(C)C. The van der Waals surface area contributed by atoms with E-state index >= 15 is 0 Å². The molecule has 0 aromatic heterocycles. The van der Waals surface area contributed by atoms with Gasteiger partial charge in [0.05, 0.1) is 11.1 Å². The summed E-state index contributed by atoms with van der Waals surface area (Å²) in [7, 11) is 0. The van der Waals surface area contributed by atoms with Gasteiger partial charge in [0.25, 0.3) is 0 Å². The minimum Gasteiger partial charge on any atom is -0.355 e. The normalized spacial score (nSPS) is 21.1. The van der Waals surface area contributed by atoms with Crippen LogP contribution in [-0.2, 0) is 9.53 Å². The van der Waals surface area contributed by atoms with Gasteiger partial charge in [0.15, 0.2) is 6.23 Å². The van der Waals surface area contributed by atoms with Crippen LogP contribution < -0.4 is 10.4 Å². The molecule has 20 heavy (non-hydrogen) atoms. The third-order valence-electron chi connectivity index (χ3n) is 3.74. The largest absolute Gasteiger partial charge is 0.355 e. The predicted octanol–water partition coefficient (Wildman–Crippen LogP) is 3.02. The molecule has 1 saturated heterocycles. The van der Waals surface area contributed by atoms with Crippen molar-refractivity contribution in [2.24, 2.45) is 5.41 Å². The number of benzene rings is 1. The van der Waals surface area contributed by atoms with E-state index in [1.54, 1.807) is 0 Å². The number of carbonyl (C=O) groups is 1. The first kappa shape index (κ1) is 14.9. The maximum absolute atomic E-state index is 12.2. The number of ether oxygens (including phenoxy) is 1. The van der Waals surface area contributed by atoms with Crippen LogP contribution >= 0.6 is 0 Å². The molecular weight excluding hydrogens is 252 g/mol. The summed E-state index contributed by atoms with van der Waals surface area (Å²) in [5, 5.41) is 1.84. The smallest absolute Gasteiger partial charge is 0.248 e. The molecule has 0 radical (unpaired) electrons. The summed E-state index contributed by atoms with van der Waals surface area (Å²) >= 11 is 0. The quantitative estimate of drug-likeness (QED) is 0.841. The number of nitrogens with zero attached hydrogens (tertiary/aromatic N) is 1. The molecule has 1 heterocycles. The van der Waals surface area contributed by atoms with Crippen LogP contribution in [0.5, 0.6) is 0 Å². The number of anilines is 1. The fourth-order valence-electron chi connectivity index (χ4n) is 2.27. The minimum absolute atomic E-state index is 0.000395. The fourth-order valence-corrected chi connectivity index (χ4v) is 2.27. The van der Waals surface area contributed by atoms with Crippen molar-refractivity contribution in [3.05, 3.63) is 29.8 Å². The van der Waals surface area contributed by atoms with E-state index in [0.29, 0.717) is 6.61 Å². The summed E-state index contributed by atoms with van der Waals surface area (Å²) in [4.78, 5) is 12.2. The van der Waals surface area contributed by atoms with E-state index in [9.17, 15) is 4.79 Å². The molecule has 1 N–H and O–H groups in total. The highest BCUT2D eigenvalue weighted by molar-refractivity contribution is 5.87. The first-order valence-corrected chi connectivity index (χ1v) is 7.25. The lowest BCUT2D eigenvalue weighted by atomic mass is 9.91. The molecule has 1 atom stereocenters. The number of carbonyl (C=O) groups excluding carboxylic acids is 1. The van der Waals surface area contributed by atoms with Crippen LogP contribution in [0.2, 0.25) is 0 Å². The molecule has 1 aliphatic rings. The molecule has 0 saturated carbocycles. The molecule has 1 fully saturated rings. The molecule has 1 aliphatic heterocycles. The number of aryl methyl sites for hydroxylation is 1. The van der Waals surface area contributed by atoms with Gasteiger partial charge in [0, 0.05) is 6.61 Å². The summed E-state index contributed by atoms with van der Waals surface area (Å²) in [6, 6.07) is 8.09. The molecule has 0 spiro atoms. The number of rotatable bonds is 5. The molecule has 110 valence electrons. The van der Waals surface area contributed by atoms with Crippen LogP contribution in [0.1, 0.15) is 39.2 Å².